The van der Waals surface area contributed by atoms with Gasteiger partial charge in [0.25, 0.3) is 0 Å². The maximum absolute atomic E-state index is 10.5. The molecule has 1 aromatic rings. The molecule has 2 rings (SSSR count). The summed E-state index contributed by atoms with van der Waals surface area (Å²) in [6.45, 7) is 0.493. The van der Waals surface area contributed by atoms with Crippen LogP contribution in [0, 0.1) is 0 Å². The summed E-state index contributed by atoms with van der Waals surface area (Å²) in [5.74, 6) is 0.736. The minimum absolute atomic E-state index is 0.0331. The van der Waals surface area contributed by atoms with Gasteiger partial charge in [-0.1, -0.05) is 0 Å². The van der Waals surface area contributed by atoms with Gasteiger partial charge in [-0.25, -0.2) is 0 Å². The molecule has 0 fully saturated rings. The highest BCUT2D eigenvalue weighted by Crippen LogP contribution is 2.33. The number of methoxy groups -OCH3 is 1. The lowest BCUT2D eigenvalue weighted by molar-refractivity contribution is -0.137. The summed E-state index contributed by atoms with van der Waals surface area (Å²) in [6.07, 6.45) is 0.687. The van der Waals surface area contributed by atoms with Crippen LogP contribution in [0.4, 0.5) is 5.69 Å². The third-order valence-corrected chi connectivity index (χ3v) is 2.69. The molecular formula is C12H15NO4. The zero-order chi connectivity index (χ0) is 12.3. The lowest BCUT2D eigenvalue weighted by Gasteiger charge is -2.27. The van der Waals surface area contributed by atoms with Crippen molar-refractivity contribution in [2.45, 2.75) is 18.9 Å². The molecule has 1 heterocycles. The fourth-order valence-corrected chi connectivity index (χ4v) is 1.78. The SMILES string of the molecule is COc1ccc2c(c1)NC(CCC(=O)O)CO2. The van der Waals surface area contributed by atoms with Gasteiger partial charge < -0.3 is 19.9 Å². The molecular weight excluding hydrogens is 222 g/mol. The van der Waals surface area contributed by atoms with E-state index in [0.29, 0.717) is 13.0 Å². The number of carboxylic acid groups (broad SMARTS) is 1. The highest BCUT2D eigenvalue weighted by molar-refractivity contribution is 5.67. The molecule has 17 heavy (non-hydrogen) atoms. The number of benzene rings is 1. The van der Waals surface area contributed by atoms with Gasteiger partial charge in [0.2, 0.25) is 0 Å². The van der Waals surface area contributed by atoms with Gasteiger partial charge in [0.15, 0.2) is 0 Å². The quantitative estimate of drug-likeness (QED) is 0.834. The molecule has 92 valence electrons. The van der Waals surface area contributed by atoms with Crippen molar-refractivity contribution in [1.82, 2.24) is 0 Å². The van der Waals surface area contributed by atoms with Gasteiger partial charge in [-0.2, -0.15) is 0 Å². The van der Waals surface area contributed by atoms with Crippen molar-refractivity contribution in [3.05, 3.63) is 18.2 Å². The Hall–Kier alpha value is -1.91. The van der Waals surface area contributed by atoms with Crippen LogP contribution in [0.15, 0.2) is 18.2 Å². The lowest BCUT2D eigenvalue weighted by Crippen LogP contribution is -2.31. The Labute approximate surface area is 99.3 Å². The van der Waals surface area contributed by atoms with E-state index in [1.807, 2.05) is 18.2 Å². The predicted molar refractivity (Wildman–Crippen MR) is 62.8 cm³/mol. The maximum atomic E-state index is 10.5. The topological polar surface area (TPSA) is 67.8 Å². The van der Waals surface area contributed by atoms with E-state index in [-0.39, 0.29) is 12.5 Å². The fraction of sp³-hybridized carbons (Fsp3) is 0.417. The molecule has 1 aromatic carbocycles. The molecule has 2 N–H and O–H groups in total. The van der Waals surface area contributed by atoms with Gasteiger partial charge in [-0.3, -0.25) is 4.79 Å². The molecule has 1 aliphatic rings. The van der Waals surface area contributed by atoms with Crippen LogP contribution >= 0.6 is 0 Å². The first-order valence-electron chi connectivity index (χ1n) is 5.48. The molecule has 0 saturated heterocycles. The third-order valence-electron chi connectivity index (χ3n) is 2.69. The second kappa shape index (κ2) is 4.95. The van der Waals surface area contributed by atoms with E-state index in [4.69, 9.17) is 14.6 Å². The van der Waals surface area contributed by atoms with Crippen LogP contribution in [-0.2, 0) is 4.79 Å². The van der Waals surface area contributed by atoms with E-state index >= 15 is 0 Å². The van der Waals surface area contributed by atoms with Crippen LogP contribution in [0.1, 0.15) is 12.8 Å². The van der Waals surface area contributed by atoms with Gasteiger partial charge >= 0.3 is 5.97 Å². The van der Waals surface area contributed by atoms with Gasteiger partial charge in [0.05, 0.1) is 18.8 Å². The van der Waals surface area contributed by atoms with Crippen molar-refractivity contribution < 1.29 is 19.4 Å². The van der Waals surface area contributed by atoms with Crippen molar-refractivity contribution in [3.63, 3.8) is 0 Å². The highest BCUT2D eigenvalue weighted by Gasteiger charge is 2.19. The van der Waals surface area contributed by atoms with Crippen LogP contribution in [0.25, 0.3) is 0 Å². The molecule has 1 atom stereocenters. The normalized spacial score (nSPS) is 17.6. The van der Waals surface area contributed by atoms with Crippen molar-refractivity contribution in [2.75, 3.05) is 19.0 Å². The first-order valence-corrected chi connectivity index (χ1v) is 5.48. The summed E-state index contributed by atoms with van der Waals surface area (Å²) in [5, 5.41) is 11.9. The Morgan fingerprint density at radius 2 is 2.47 bits per heavy atom. The number of aliphatic carboxylic acids is 1. The largest absolute Gasteiger partial charge is 0.497 e. The molecule has 0 aromatic heterocycles. The summed E-state index contributed by atoms with van der Waals surface area (Å²) in [4.78, 5) is 10.5. The van der Waals surface area contributed by atoms with E-state index in [0.717, 1.165) is 17.2 Å². The number of rotatable bonds is 4. The number of carbonyl (C=O) groups is 1. The molecule has 0 saturated carbocycles. The summed E-state index contributed by atoms with van der Waals surface area (Å²) in [7, 11) is 1.60. The minimum Gasteiger partial charge on any atom is -0.497 e. The number of hydrogen-bond donors (Lipinski definition) is 2. The standard InChI is InChI=1S/C12H15NO4/c1-16-9-3-4-11-10(6-9)13-8(7-17-11)2-5-12(14)15/h3-4,6,8,13H,2,5,7H2,1H3,(H,14,15). The van der Waals surface area contributed by atoms with E-state index in [1.165, 1.54) is 0 Å². The predicted octanol–water partition coefficient (Wildman–Crippen LogP) is 1.73. The second-order valence-electron chi connectivity index (χ2n) is 3.95. The van der Waals surface area contributed by atoms with E-state index in [2.05, 4.69) is 5.32 Å². The van der Waals surface area contributed by atoms with Crippen LogP contribution < -0.4 is 14.8 Å². The van der Waals surface area contributed by atoms with Crippen molar-refractivity contribution in [3.8, 4) is 11.5 Å². The minimum atomic E-state index is -0.789. The van der Waals surface area contributed by atoms with E-state index in [9.17, 15) is 4.79 Å². The van der Waals surface area contributed by atoms with Crippen LogP contribution in [0.3, 0.4) is 0 Å². The second-order valence-corrected chi connectivity index (χ2v) is 3.95. The molecule has 1 aliphatic heterocycles. The summed E-state index contributed by atoms with van der Waals surface area (Å²) in [6, 6.07) is 5.56. The molecule has 0 spiro atoms. The number of nitrogens with one attached hydrogen (secondary N) is 1. The Kier molecular flexibility index (Phi) is 3.37. The number of carboxylic acids is 1. The Bertz CT molecular complexity index is 419. The number of fused-ring (bicyclic) bond motifs is 1. The average molecular weight is 237 g/mol. The van der Waals surface area contributed by atoms with Crippen LogP contribution in [-0.4, -0.2) is 30.8 Å². The van der Waals surface area contributed by atoms with Gasteiger partial charge in [0.1, 0.15) is 18.1 Å². The molecule has 0 radical (unpaired) electrons. The Morgan fingerprint density at radius 1 is 1.65 bits per heavy atom. The molecule has 0 bridgehead atoms. The molecule has 1 unspecified atom stereocenters. The fourth-order valence-electron chi connectivity index (χ4n) is 1.78. The van der Waals surface area contributed by atoms with Gasteiger partial charge in [0, 0.05) is 12.5 Å². The number of anilines is 1. The monoisotopic (exact) mass is 237 g/mol. The van der Waals surface area contributed by atoms with Crippen LogP contribution in [0.5, 0.6) is 11.5 Å². The summed E-state index contributed by atoms with van der Waals surface area (Å²) in [5.41, 5.74) is 0.853. The average Bonchev–Trinajstić information content (AvgIpc) is 2.35. The summed E-state index contributed by atoms with van der Waals surface area (Å²) < 4.78 is 10.7. The first-order chi connectivity index (χ1) is 8.19. The lowest BCUT2D eigenvalue weighted by atomic mass is 10.1. The van der Waals surface area contributed by atoms with Crippen molar-refractivity contribution in [1.29, 1.82) is 0 Å². The number of ether oxygens (including phenoxy) is 2. The number of hydrogen-bond acceptors (Lipinski definition) is 4. The molecule has 0 aliphatic carbocycles. The van der Waals surface area contributed by atoms with E-state index < -0.39 is 5.97 Å². The van der Waals surface area contributed by atoms with Crippen molar-refractivity contribution >= 4 is 11.7 Å². The zero-order valence-corrected chi connectivity index (χ0v) is 9.60. The van der Waals surface area contributed by atoms with E-state index in [1.54, 1.807) is 7.11 Å². The van der Waals surface area contributed by atoms with Crippen molar-refractivity contribution in [2.24, 2.45) is 0 Å². The maximum Gasteiger partial charge on any atom is 0.303 e. The zero-order valence-electron chi connectivity index (χ0n) is 9.60. The van der Waals surface area contributed by atoms with Crippen LogP contribution in [0.2, 0.25) is 0 Å². The highest BCUT2D eigenvalue weighted by atomic mass is 16.5. The Morgan fingerprint density at radius 3 is 3.18 bits per heavy atom. The molecule has 5 nitrogen and oxygen atoms in total. The van der Waals surface area contributed by atoms with Gasteiger partial charge in [-0.05, 0) is 18.6 Å². The molecule has 0 amide bonds. The Balaban J connectivity index is 2.03. The first kappa shape index (κ1) is 11.6. The van der Waals surface area contributed by atoms with Gasteiger partial charge in [-0.15, -0.1) is 0 Å². The smallest absolute Gasteiger partial charge is 0.303 e. The third kappa shape index (κ3) is 2.81. The molecule has 5 heteroatoms. The summed E-state index contributed by atoms with van der Waals surface area (Å²) >= 11 is 0.